The first-order valence-corrected chi connectivity index (χ1v) is 10.5. The summed E-state index contributed by atoms with van der Waals surface area (Å²) in [6.07, 6.45) is 3.03. The second kappa shape index (κ2) is 6.84. The fraction of sp³-hybridized carbons (Fsp3) is 0.364. The molecule has 1 aliphatic carbocycles. The number of piperidine rings is 1. The molecule has 1 unspecified atom stereocenters. The number of fused-ring (bicyclic) bond motifs is 2. The van der Waals surface area contributed by atoms with Gasteiger partial charge in [0.1, 0.15) is 12.9 Å². The number of nitrogens with zero attached hydrogens (tertiary/aromatic N) is 7. The van der Waals surface area contributed by atoms with Crippen LogP contribution in [0, 0.1) is 11.8 Å². The minimum Gasteiger partial charge on any atom is -0.371 e. The number of hydrogen-bond donors (Lipinski definition) is 0. The van der Waals surface area contributed by atoms with Crippen LogP contribution in [0.3, 0.4) is 0 Å². The third-order valence-electron chi connectivity index (χ3n) is 6.60. The Bertz CT molecular complexity index is 1410. The van der Waals surface area contributed by atoms with E-state index in [1.165, 1.54) is 10.9 Å². The quantitative estimate of drug-likeness (QED) is 0.438. The Morgan fingerprint density at radius 2 is 1.97 bits per heavy atom. The van der Waals surface area contributed by atoms with Crippen molar-refractivity contribution in [2.75, 3.05) is 18.0 Å². The molecule has 1 aromatic carbocycles. The Hall–Kier alpha value is -3.82. The number of carbonyl (C=O) groups is 1. The third-order valence-corrected chi connectivity index (χ3v) is 6.60. The van der Waals surface area contributed by atoms with Crippen molar-refractivity contribution in [1.29, 1.82) is 0 Å². The Morgan fingerprint density at radius 3 is 2.75 bits per heavy atom. The lowest BCUT2D eigenvalue weighted by molar-refractivity contribution is 0.101. The van der Waals surface area contributed by atoms with Gasteiger partial charge in [0.05, 0.1) is 6.33 Å². The molecular formula is C22H21N7O3. The molecule has 1 aliphatic heterocycles. The Morgan fingerprint density at radius 1 is 1.19 bits per heavy atom. The molecule has 2 fully saturated rings. The number of aryl methyl sites for hydroxylation is 1. The monoisotopic (exact) mass is 431 g/mol. The maximum Gasteiger partial charge on any atom is 0.280 e. The minimum atomic E-state index is -0.193. The SMILES string of the molecule is CC(=O)c1cccc(N2C[C@@H]3C(c4noc(Cn5cnc6ncn(C)c6c5=O)n4)[C@@H]3C2)c1. The largest absolute Gasteiger partial charge is 0.371 e. The number of benzene rings is 1. The smallest absolute Gasteiger partial charge is 0.280 e. The first-order chi connectivity index (χ1) is 15.5. The normalized spacial score (nSPS) is 21.8. The number of aromatic nitrogens is 6. The van der Waals surface area contributed by atoms with Crippen LogP contribution in [0.4, 0.5) is 5.69 Å². The van der Waals surface area contributed by atoms with Crippen LogP contribution >= 0.6 is 0 Å². The van der Waals surface area contributed by atoms with E-state index in [4.69, 9.17) is 4.52 Å². The number of ketones is 1. The highest BCUT2D eigenvalue weighted by atomic mass is 16.5. The van der Waals surface area contributed by atoms with Crippen LogP contribution in [0.15, 0.2) is 46.2 Å². The van der Waals surface area contributed by atoms with Gasteiger partial charge >= 0.3 is 0 Å². The lowest BCUT2D eigenvalue weighted by Crippen LogP contribution is -2.24. The zero-order valence-corrected chi connectivity index (χ0v) is 17.7. The molecule has 0 N–H and O–H groups in total. The van der Waals surface area contributed by atoms with Gasteiger partial charge in [-0.1, -0.05) is 17.3 Å². The average Bonchev–Trinajstić information content (AvgIpc) is 3.21. The molecule has 0 bridgehead atoms. The number of rotatable bonds is 5. The zero-order valence-electron chi connectivity index (χ0n) is 17.7. The van der Waals surface area contributed by atoms with Gasteiger partial charge in [-0.15, -0.1) is 0 Å². The standard InChI is InChI=1S/C22H21N7O3/c1-12(30)13-4-3-5-14(6-13)28-7-15-16(8-28)18(15)20-25-17(32-26-20)9-29-11-24-21-19(22(29)31)27(2)10-23-21/h3-6,10-11,15-16,18H,7-9H2,1-2H3/t15-,16+,18?. The molecule has 1 saturated carbocycles. The van der Waals surface area contributed by atoms with Crippen molar-refractivity contribution in [2.24, 2.45) is 18.9 Å². The van der Waals surface area contributed by atoms with E-state index in [1.807, 2.05) is 24.3 Å². The summed E-state index contributed by atoms with van der Waals surface area (Å²) in [5, 5.41) is 4.19. The van der Waals surface area contributed by atoms with Crippen molar-refractivity contribution < 1.29 is 9.32 Å². The Balaban J connectivity index is 1.15. The molecule has 3 aromatic heterocycles. The number of anilines is 1. The molecule has 4 aromatic rings. The Kier molecular flexibility index (Phi) is 4.04. The fourth-order valence-electron chi connectivity index (χ4n) is 4.84. The van der Waals surface area contributed by atoms with E-state index in [2.05, 4.69) is 25.0 Å². The predicted octanol–water partition coefficient (Wildman–Crippen LogP) is 1.61. The summed E-state index contributed by atoms with van der Waals surface area (Å²) >= 11 is 0. The van der Waals surface area contributed by atoms with Crippen molar-refractivity contribution in [1.82, 2.24) is 29.2 Å². The van der Waals surface area contributed by atoms with E-state index in [0.29, 0.717) is 34.7 Å². The summed E-state index contributed by atoms with van der Waals surface area (Å²) in [5.74, 6) is 2.38. The van der Waals surface area contributed by atoms with Crippen LogP contribution in [0.2, 0.25) is 0 Å². The van der Waals surface area contributed by atoms with Gasteiger partial charge in [-0.3, -0.25) is 14.2 Å². The topological polar surface area (TPSA) is 112 Å². The molecular weight excluding hydrogens is 410 g/mol. The second-order valence-corrected chi connectivity index (χ2v) is 8.62. The van der Waals surface area contributed by atoms with Gasteiger partial charge < -0.3 is 14.0 Å². The highest BCUT2D eigenvalue weighted by Gasteiger charge is 2.58. The number of Topliss-reactive ketones (excluding diaryl/α,β-unsaturated/α-hetero) is 1. The maximum absolute atomic E-state index is 12.7. The third kappa shape index (κ3) is 2.94. The summed E-state index contributed by atoms with van der Waals surface area (Å²) in [4.78, 5) is 39.6. The van der Waals surface area contributed by atoms with E-state index in [-0.39, 0.29) is 23.8 Å². The van der Waals surface area contributed by atoms with Crippen LogP contribution in [0.25, 0.3) is 11.2 Å². The molecule has 3 atom stereocenters. The first-order valence-electron chi connectivity index (χ1n) is 10.5. The average molecular weight is 431 g/mol. The van der Waals surface area contributed by atoms with Crippen molar-refractivity contribution in [3.63, 3.8) is 0 Å². The number of carbonyl (C=O) groups excluding carboxylic acids is 1. The molecule has 1 saturated heterocycles. The van der Waals surface area contributed by atoms with Crippen molar-refractivity contribution in [3.05, 3.63) is 64.6 Å². The highest BCUT2D eigenvalue weighted by Crippen LogP contribution is 2.57. The molecule has 162 valence electrons. The summed E-state index contributed by atoms with van der Waals surface area (Å²) in [6.45, 7) is 3.57. The van der Waals surface area contributed by atoms with Gasteiger partial charge in [0.25, 0.3) is 5.56 Å². The summed E-state index contributed by atoms with van der Waals surface area (Å²) in [7, 11) is 1.76. The van der Waals surface area contributed by atoms with E-state index in [0.717, 1.165) is 24.3 Å². The summed E-state index contributed by atoms with van der Waals surface area (Å²) in [5.41, 5.74) is 2.48. The molecule has 2 aliphatic rings. The lowest BCUT2D eigenvalue weighted by atomic mass is 10.1. The number of imidazole rings is 1. The summed E-state index contributed by atoms with van der Waals surface area (Å²) < 4.78 is 8.56. The van der Waals surface area contributed by atoms with E-state index >= 15 is 0 Å². The fourth-order valence-corrected chi connectivity index (χ4v) is 4.84. The zero-order chi connectivity index (χ0) is 22.0. The molecule has 32 heavy (non-hydrogen) atoms. The first kappa shape index (κ1) is 18.9. The van der Waals surface area contributed by atoms with E-state index < -0.39 is 0 Å². The van der Waals surface area contributed by atoms with E-state index in [9.17, 15) is 9.59 Å². The molecule has 0 radical (unpaired) electrons. The van der Waals surface area contributed by atoms with Gasteiger partial charge in [-0.05, 0) is 30.9 Å². The Labute approximate surface area is 182 Å². The summed E-state index contributed by atoms with van der Waals surface area (Å²) in [6, 6.07) is 7.78. The molecule has 6 rings (SSSR count). The van der Waals surface area contributed by atoms with Crippen molar-refractivity contribution >= 4 is 22.6 Å². The minimum absolute atomic E-state index is 0.0743. The van der Waals surface area contributed by atoms with Gasteiger partial charge in [0, 0.05) is 37.3 Å². The molecule has 4 heterocycles. The number of hydrogen-bond acceptors (Lipinski definition) is 8. The van der Waals surface area contributed by atoms with Crippen LogP contribution in [0.5, 0.6) is 0 Å². The molecule has 0 amide bonds. The van der Waals surface area contributed by atoms with Gasteiger partial charge in [-0.2, -0.15) is 4.98 Å². The lowest BCUT2D eigenvalue weighted by Gasteiger charge is -2.21. The van der Waals surface area contributed by atoms with Gasteiger partial charge in [0.2, 0.25) is 5.89 Å². The van der Waals surface area contributed by atoms with E-state index in [1.54, 1.807) is 24.9 Å². The highest BCUT2D eigenvalue weighted by molar-refractivity contribution is 5.95. The van der Waals surface area contributed by atoms with Crippen molar-refractivity contribution in [3.8, 4) is 0 Å². The van der Waals surface area contributed by atoms with Crippen LogP contribution in [-0.2, 0) is 13.6 Å². The van der Waals surface area contributed by atoms with Gasteiger partial charge in [0.15, 0.2) is 22.8 Å². The maximum atomic E-state index is 12.7. The van der Waals surface area contributed by atoms with Crippen LogP contribution in [-0.4, -0.2) is 48.1 Å². The predicted molar refractivity (Wildman–Crippen MR) is 115 cm³/mol. The molecule has 10 heteroatoms. The van der Waals surface area contributed by atoms with Crippen LogP contribution in [0.1, 0.15) is 34.9 Å². The molecule has 0 spiro atoms. The van der Waals surface area contributed by atoms with Gasteiger partial charge in [-0.25, -0.2) is 9.97 Å². The molecule has 10 nitrogen and oxygen atoms in total. The van der Waals surface area contributed by atoms with Crippen molar-refractivity contribution in [2.45, 2.75) is 19.4 Å². The van der Waals surface area contributed by atoms with Crippen LogP contribution < -0.4 is 10.5 Å². The second-order valence-electron chi connectivity index (χ2n) is 8.62.